The van der Waals surface area contributed by atoms with Gasteiger partial charge in [0.25, 0.3) is 0 Å². The molecular formula is C18H27N3O2. The molecule has 0 aliphatic carbocycles. The largest absolute Gasteiger partial charge is 0.338 e. The Morgan fingerprint density at radius 1 is 1.17 bits per heavy atom. The molecule has 1 aromatic carbocycles. The Labute approximate surface area is 138 Å². The molecule has 0 aromatic heterocycles. The van der Waals surface area contributed by atoms with E-state index in [9.17, 15) is 9.59 Å². The zero-order chi connectivity index (χ0) is 16.8. The monoisotopic (exact) mass is 317 g/mol. The van der Waals surface area contributed by atoms with Gasteiger partial charge in [-0.2, -0.15) is 0 Å². The summed E-state index contributed by atoms with van der Waals surface area (Å²) in [6, 6.07) is 8.08. The fraction of sp³-hybridized carbons (Fsp3) is 0.556. The van der Waals surface area contributed by atoms with Crippen molar-refractivity contribution in [1.82, 2.24) is 10.2 Å². The van der Waals surface area contributed by atoms with Crippen LogP contribution in [0.5, 0.6) is 0 Å². The first kappa shape index (κ1) is 17.3. The fourth-order valence-electron chi connectivity index (χ4n) is 2.94. The second-order valence-electron chi connectivity index (χ2n) is 6.54. The van der Waals surface area contributed by atoms with E-state index in [0.29, 0.717) is 18.5 Å². The van der Waals surface area contributed by atoms with Crippen LogP contribution in [0.15, 0.2) is 24.3 Å². The van der Waals surface area contributed by atoms with Crippen molar-refractivity contribution in [1.29, 1.82) is 0 Å². The number of anilines is 1. The molecule has 1 heterocycles. The van der Waals surface area contributed by atoms with Crippen LogP contribution in [0.25, 0.3) is 0 Å². The van der Waals surface area contributed by atoms with Crippen molar-refractivity contribution in [2.24, 2.45) is 5.92 Å². The molecule has 1 aliphatic heterocycles. The number of likely N-dealkylation sites (tertiary alicyclic amines) is 1. The summed E-state index contributed by atoms with van der Waals surface area (Å²) in [7, 11) is 0. The molecular weight excluding hydrogens is 290 g/mol. The molecule has 126 valence electrons. The molecule has 5 heteroatoms. The van der Waals surface area contributed by atoms with E-state index in [-0.39, 0.29) is 11.9 Å². The molecule has 3 amide bonds. The van der Waals surface area contributed by atoms with Crippen LogP contribution in [0, 0.1) is 5.92 Å². The number of carbonyl (C=O) groups excluding carboxylic acids is 2. The lowest BCUT2D eigenvalue weighted by atomic mass is 9.95. The minimum atomic E-state index is -0.0742. The summed E-state index contributed by atoms with van der Waals surface area (Å²) in [6.45, 7) is 7.27. The van der Waals surface area contributed by atoms with Crippen LogP contribution in [-0.4, -0.2) is 36.0 Å². The summed E-state index contributed by atoms with van der Waals surface area (Å²) in [5.41, 5.74) is 1.93. The van der Waals surface area contributed by atoms with Crippen LogP contribution in [0.3, 0.4) is 0 Å². The Hall–Kier alpha value is -2.04. The number of amides is 3. The standard InChI is InChI=1S/C18H27N3O2/c1-13-4-5-14(2)21(12-13)18(23)19-11-10-16-6-8-17(9-7-16)20-15(3)22/h6-9,13-14H,4-5,10-12H2,1-3H3,(H,19,23)(H,20,22)/t13-,14-/m1/s1. The molecule has 0 radical (unpaired) electrons. The van der Waals surface area contributed by atoms with E-state index in [1.807, 2.05) is 29.2 Å². The van der Waals surface area contributed by atoms with Crippen molar-refractivity contribution in [3.63, 3.8) is 0 Å². The van der Waals surface area contributed by atoms with Gasteiger partial charge in [-0.25, -0.2) is 4.79 Å². The Bertz CT molecular complexity index is 542. The number of urea groups is 1. The SMILES string of the molecule is CC(=O)Nc1ccc(CCNC(=O)N2C[C@H](C)CC[C@H]2C)cc1. The average Bonchev–Trinajstić information content (AvgIpc) is 2.51. The molecule has 0 saturated carbocycles. The van der Waals surface area contributed by atoms with E-state index in [1.54, 1.807) is 0 Å². The minimum Gasteiger partial charge on any atom is -0.338 e. The van der Waals surface area contributed by atoms with E-state index >= 15 is 0 Å². The minimum absolute atomic E-state index is 0.0407. The number of piperidine rings is 1. The second kappa shape index (κ2) is 7.99. The summed E-state index contributed by atoms with van der Waals surface area (Å²) in [5, 5.41) is 5.76. The predicted octanol–water partition coefficient (Wildman–Crippen LogP) is 3.02. The highest BCUT2D eigenvalue weighted by atomic mass is 16.2. The summed E-state index contributed by atoms with van der Waals surface area (Å²) < 4.78 is 0. The molecule has 0 spiro atoms. The Kier molecular flexibility index (Phi) is 6.02. The van der Waals surface area contributed by atoms with Gasteiger partial charge in [0.15, 0.2) is 0 Å². The van der Waals surface area contributed by atoms with Gasteiger partial charge in [-0.1, -0.05) is 19.1 Å². The fourth-order valence-corrected chi connectivity index (χ4v) is 2.94. The van der Waals surface area contributed by atoms with Crippen molar-refractivity contribution in [3.8, 4) is 0 Å². The van der Waals surface area contributed by atoms with Gasteiger partial charge in [-0.15, -0.1) is 0 Å². The number of benzene rings is 1. The zero-order valence-electron chi connectivity index (χ0n) is 14.3. The van der Waals surface area contributed by atoms with E-state index in [1.165, 1.54) is 13.3 Å². The third-order valence-electron chi connectivity index (χ3n) is 4.34. The number of hydrogen-bond acceptors (Lipinski definition) is 2. The van der Waals surface area contributed by atoms with E-state index in [2.05, 4.69) is 24.5 Å². The maximum Gasteiger partial charge on any atom is 0.317 e. The molecule has 1 saturated heterocycles. The molecule has 1 aliphatic rings. The predicted molar refractivity (Wildman–Crippen MR) is 92.4 cm³/mol. The van der Waals surface area contributed by atoms with Crippen LogP contribution in [0.4, 0.5) is 10.5 Å². The van der Waals surface area contributed by atoms with Gasteiger partial charge in [0.2, 0.25) is 5.91 Å². The Morgan fingerprint density at radius 2 is 1.87 bits per heavy atom. The van der Waals surface area contributed by atoms with E-state index < -0.39 is 0 Å². The average molecular weight is 317 g/mol. The quantitative estimate of drug-likeness (QED) is 0.896. The maximum absolute atomic E-state index is 12.3. The smallest absolute Gasteiger partial charge is 0.317 e. The van der Waals surface area contributed by atoms with Gasteiger partial charge in [-0.3, -0.25) is 4.79 Å². The summed E-state index contributed by atoms with van der Waals surface area (Å²) in [5.74, 6) is 0.508. The van der Waals surface area contributed by atoms with Gasteiger partial charge in [0.05, 0.1) is 0 Å². The highest BCUT2D eigenvalue weighted by molar-refractivity contribution is 5.88. The molecule has 2 atom stereocenters. The van der Waals surface area contributed by atoms with Crippen molar-refractivity contribution in [3.05, 3.63) is 29.8 Å². The van der Waals surface area contributed by atoms with Crippen LogP contribution in [0.1, 0.15) is 39.2 Å². The molecule has 1 aromatic rings. The second-order valence-corrected chi connectivity index (χ2v) is 6.54. The first-order valence-electron chi connectivity index (χ1n) is 8.36. The molecule has 0 bridgehead atoms. The molecule has 2 N–H and O–H groups in total. The normalized spacial score (nSPS) is 20.9. The lowest BCUT2D eigenvalue weighted by Crippen LogP contribution is -2.49. The molecule has 0 unspecified atom stereocenters. The van der Waals surface area contributed by atoms with Crippen molar-refractivity contribution < 1.29 is 9.59 Å². The van der Waals surface area contributed by atoms with E-state index in [0.717, 1.165) is 30.6 Å². The van der Waals surface area contributed by atoms with Gasteiger partial charge >= 0.3 is 6.03 Å². The van der Waals surface area contributed by atoms with Gasteiger partial charge < -0.3 is 15.5 Å². The summed E-state index contributed by atoms with van der Waals surface area (Å²) in [6.07, 6.45) is 3.06. The topological polar surface area (TPSA) is 61.4 Å². The number of carbonyl (C=O) groups is 2. The molecule has 23 heavy (non-hydrogen) atoms. The highest BCUT2D eigenvalue weighted by Gasteiger charge is 2.26. The lowest BCUT2D eigenvalue weighted by Gasteiger charge is -2.36. The third kappa shape index (κ3) is 5.27. The van der Waals surface area contributed by atoms with Crippen molar-refractivity contribution in [2.75, 3.05) is 18.4 Å². The van der Waals surface area contributed by atoms with Crippen LogP contribution in [-0.2, 0) is 11.2 Å². The van der Waals surface area contributed by atoms with E-state index in [4.69, 9.17) is 0 Å². The zero-order valence-corrected chi connectivity index (χ0v) is 14.3. The number of nitrogens with zero attached hydrogens (tertiary/aromatic N) is 1. The highest BCUT2D eigenvalue weighted by Crippen LogP contribution is 2.21. The summed E-state index contributed by atoms with van der Waals surface area (Å²) in [4.78, 5) is 25.2. The number of hydrogen-bond donors (Lipinski definition) is 2. The first-order valence-corrected chi connectivity index (χ1v) is 8.36. The molecule has 1 fully saturated rings. The lowest BCUT2D eigenvalue weighted by molar-refractivity contribution is -0.114. The maximum atomic E-state index is 12.3. The van der Waals surface area contributed by atoms with Gasteiger partial charge in [0.1, 0.15) is 0 Å². The van der Waals surface area contributed by atoms with Crippen LogP contribution >= 0.6 is 0 Å². The van der Waals surface area contributed by atoms with Crippen molar-refractivity contribution in [2.45, 2.75) is 46.1 Å². The number of rotatable bonds is 4. The summed E-state index contributed by atoms with van der Waals surface area (Å²) >= 11 is 0. The Balaban J connectivity index is 1.77. The van der Waals surface area contributed by atoms with Crippen molar-refractivity contribution >= 4 is 17.6 Å². The third-order valence-corrected chi connectivity index (χ3v) is 4.34. The van der Waals surface area contributed by atoms with Crippen LogP contribution in [0.2, 0.25) is 0 Å². The molecule has 2 rings (SSSR count). The van der Waals surface area contributed by atoms with Gasteiger partial charge in [-0.05, 0) is 49.8 Å². The molecule has 5 nitrogen and oxygen atoms in total. The number of nitrogens with one attached hydrogen (secondary N) is 2. The van der Waals surface area contributed by atoms with Gasteiger partial charge in [0, 0.05) is 31.7 Å². The van der Waals surface area contributed by atoms with Crippen LogP contribution < -0.4 is 10.6 Å². The Morgan fingerprint density at radius 3 is 2.52 bits per heavy atom. The first-order chi connectivity index (χ1) is 11.0.